The highest BCUT2D eigenvalue weighted by atomic mass is 35.5. The Morgan fingerprint density at radius 1 is 1.14 bits per heavy atom. The van der Waals surface area contributed by atoms with Crippen LogP contribution < -0.4 is 15.8 Å². The van der Waals surface area contributed by atoms with Crippen LogP contribution in [0.4, 0.5) is 0 Å². The highest BCUT2D eigenvalue weighted by molar-refractivity contribution is 7.09. The van der Waals surface area contributed by atoms with Crippen molar-refractivity contribution in [3.8, 4) is 5.75 Å². The van der Waals surface area contributed by atoms with Crippen LogP contribution in [0.1, 0.15) is 39.1 Å². The summed E-state index contributed by atoms with van der Waals surface area (Å²) in [6.45, 7) is 4.95. The van der Waals surface area contributed by atoms with Gasteiger partial charge in [0.15, 0.2) is 0 Å². The van der Waals surface area contributed by atoms with Crippen molar-refractivity contribution >= 4 is 29.7 Å². The Labute approximate surface area is 181 Å². The molecule has 7 heteroatoms. The van der Waals surface area contributed by atoms with E-state index in [1.165, 1.54) is 16.9 Å². The van der Waals surface area contributed by atoms with Gasteiger partial charge in [0.05, 0.1) is 0 Å². The zero-order chi connectivity index (χ0) is 19.9. The number of rotatable bonds is 8. The summed E-state index contributed by atoms with van der Waals surface area (Å²) in [4.78, 5) is 16.5. The van der Waals surface area contributed by atoms with E-state index in [0.29, 0.717) is 18.8 Å². The first-order chi connectivity index (χ1) is 13.5. The van der Waals surface area contributed by atoms with Gasteiger partial charge in [-0.1, -0.05) is 42.0 Å². The van der Waals surface area contributed by atoms with Gasteiger partial charge in [-0.3, -0.25) is 4.79 Å². The van der Waals surface area contributed by atoms with Gasteiger partial charge in [-0.2, -0.15) is 0 Å². The number of carbonyl (C=O) groups excluding carboxylic acids is 1. The van der Waals surface area contributed by atoms with Crippen molar-refractivity contribution in [3.05, 3.63) is 81.3 Å². The van der Waals surface area contributed by atoms with Crippen LogP contribution in [0, 0.1) is 6.92 Å². The molecule has 1 amide bonds. The normalized spacial score (nSPS) is 11.4. The molecular formula is C22H26ClN3O2S. The van der Waals surface area contributed by atoms with Gasteiger partial charge in [0.2, 0.25) is 0 Å². The number of aryl methyl sites for hydroxylation is 1. The molecule has 0 aliphatic heterocycles. The summed E-state index contributed by atoms with van der Waals surface area (Å²) in [5, 5.41) is 5.48. The number of thiazole rings is 1. The molecule has 0 spiro atoms. The number of nitrogens with one attached hydrogen (secondary N) is 1. The summed E-state index contributed by atoms with van der Waals surface area (Å²) >= 11 is 1.40. The predicted molar refractivity (Wildman–Crippen MR) is 120 cm³/mol. The molecule has 3 rings (SSSR count). The number of aromatic nitrogens is 1. The predicted octanol–water partition coefficient (Wildman–Crippen LogP) is 4.27. The van der Waals surface area contributed by atoms with Gasteiger partial charge < -0.3 is 15.8 Å². The van der Waals surface area contributed by atoms with Crippen molar-refractivity contribution in [3.63, 3.8) is 0 Å². The summed E-state index contributed by atoms with van der Waals surface area (Å²) in [6.07, 6.45) is 0.734. The van der Waals surface area contributed by atoms with Crippen LogP contribution in [0.3, 0.4) is 0 Å². The average Bonchev–Trinajstić information content (AvgIpc) is 3.18. The second-order valence-electron chi connectivity index (χ2n) is 6.83. The molecule has 0 radical (unpaired) electrons. The van der Waals surface area contributed by atoms with Crippen molar-refractivity contribution in [1.29, 1.82) is 0 Å². The molecule has 0 saturated heterocycles. The Kier molecular flexibility index (Phi) is 8.64. The Morgan fingerprint density at radius 2 is 1.79 bits per heavy atom. The van der Waals surface area contributed by atoms with Gasteiger partial charge in [0.25, 0.3) is 5.91 Å². The average molecular weight is 432 g/mol. The lowest BCUT2D eigenvalue weighted by Gasteiger charge is -2.14. The maximum atomic E-state index is 12.2. The highest BCUT2D eigenvalue weighted by Crippen LogP contribution is 2.16. The van der Waals surface area contributed by atoms with E-state index in [0.717, 1.165) is 28.3 Å². The number of hydrogen-bond donors (Lipinski definition) is 2. The molecule has 0 aliphatic carbocycles. The van der Waals surface area contributed by atoms with Gasteiger partial charge in [-0.25, -0.2) is 4.98 Å². The Bertz CT molecular complexity index is 911. The first-order valence-corrected chi connectivity index (χ1v) is 10.1. The lowest BCUT2D eigenvalue weighted by molar-refractivity contribution is 0.0935. The van der Waals surface area contributed by atoms with Crippen molar-refractivity contribution in [2.75, 3.05) is 0 Å². The van der Waals surface area contributed by atoms with Crippen molar-refractivity contribution in [1.82, 2.24) is 10.3 Å². The third-order valence-electron chi connectivity index (χ3n) is 4.33. The van der Waals surface area contributed by atoms with E-state index >= 15 is 0 Å². The number of benzene rings is 2. The molecule has 5 nitrogen and oxygen atoms in total. The van der Waals surface area contributed by atoms with Crippen molar-refractivity contribution < 1.29 is 9.53 Å². The fourth-order valence-electron chi connectivity index (χ4n) is 2.78. The van der Waals surface area contributed by atoms with Crippen LogP contribution in [0.5, 0.6) is 5.75 Å². The minimum atomic E-state index is -0.165. The van der Waals surface area contributed by atoms with E-state index in [4.69, 9.17) is 10.5 Å². The molecule has 1 atom stereocenters. The first-order valence-electron chi connectivity index (χ1n) is 9.26. The third-order valence-corrected chi connectivity index (χ3v) is 5.20. The minimum Gasteiger partial charge on any atom is -0.489 e. The van der Waals surface area contributed by atoms with Crippen LogP contribution in [-0.4, -0.2) is 16.9 Å². The minimum absolute atomic E-state index is 0. The van der Waals surface area contributed by atoms with Gasteiger partial charge >= 0.3 is 0 Å². The molecular weight excluding hydrogens is 406 g/mol. The van der Waals surface area contributed by atoms with Crippen molar-refractivity contribution in [2.24, 2.45) is 5.73 Å². The summed E-state index contributed by atoms with van der Waals surface area (Å²) in [5.74, 6) is 0.666. The molecule has 0 fully saturated rings. The summed E-state index contributed by atoms with van der Waals surface area (Å²) in [6, 6.07) is 16.3. The molecule has 1 unspecified atom stereocenters. The number of halogens is 1. The molecule has 1 aromatic heterocycles. The van der Waals surface area contributed by atoms with E-state index in [2.05, 4.69) is 41.5 Å². The number of nitrogens with zero attached hydrogens (tertiary/aromatic N) is 1. The molecule has 0 saturated carbocycles. The van der Waals surface area contributed by atoms with Gasteiger partial charge in [-0.15, -0.1) is 23.7 Å². The number of amides is 1. The van der Waals surface area contributed by atoms with Crippen LogP contribution >= 0.6 is 23.7 Å². The van der Waals surface area contributed by atoms with Gasteiger partial charge in [0, 0.05) is 18.0 Å². The maximum Gasteiger partial charge on any atom is 0.270 e. The molecule has 154 valence electrons. The maximum absolute atomic E-state index is 12.2. The van der Waals surface area contributed by atoms with E-state index in [1.54, 1.807) is 5.38 Å². The summed E-state index contributed by atoms with van der Waals surface area (Å²) in [5.41, 5.74) is 9.49. The van der Waals surface area contributed by atoms with Gasteiger partial charge in [-0.05, 0) is 43.5 Å². The lowest BCUT2D eigenvalue weighted by atomic mass is 10.1. The van der Waals surface area contributed by atoms with Crippen LogP contribution in [0.25, 0.3) is 0 Å². The highest BCUT2D eigenvalue weighted by Gasteiger charge is 2.13. The monoisotopic (exact) mass is 431 g/mol. The Morgan fingerprint density at radius 3 is 2.41 bits per heavy atom. The summed E-state index contributed by atoms with van der Waals surface area (Å²) in [7, 11) is 0. The zero-order valence-corrected chi connectivity index (χ0v) is 18.2. The smallest absolute Gasteiger partial charge is 0.270 e. The Balaban J connectivity index is 0.00000300. The van der Waals surface area contributed by atoms with Crippen LogP contribution in [-0.2, 0) is 19.6 Å². The second-order valence-corrected chi connectivity index (χ2v) is 7.77. The molecule has 1 heterocycles. The quantitative estimate of drug-likeness (QED) is 0.558. The topological polar surface area (TPSA) is 77.2 Å². The molecule has 0 bridgehead atoms. The number of nitrogens with two attached hydrogens (primary N) is 1. The van der Waals surface area contributed by atoms with E-state index in [9.17, 15) is 4.79 Å². The number of carbonyl (C=O) groups is 1. The number of hydrogen-bond acceptors (Lipinski definition) is 5. The molecule has 29 heavy (non-hydrogen) atoms. The first kappa shape index (κ1) is 22.9. The van der Waals surface area contributed by atoms with Gasteiger partial charge in [0.1, 0.15) is 23.1 Å². The largest absolute Gasteiger partial charge is 0.489 e. The number of ether oxygens (including phenoxy) is 1. The summed E-state index contributed by atoms with van der Waals surface area (Å²) < 4.78 is 5.84. The molecule has 2 aromatic carbocycles. The van der Waals surface area contributed by atoms with Crippen LogP contribution in [0.15, 0.2) is 53.9 Å². The van der Waals surface area contributed by atoms with E-state index < -0.39 is 0 Å². The van der Waals surface area contributed by atoms with Crippen molar-refractivity contribution in [2.45, 2.75) is 39.5 Å². The SMILES string of the molecule is Cc1ccc(COc2ccc(CC(C)NC(=O)c3csc(CN)n3)cc2)cc1.Cl. The lowest BCUT2D eigenvalue weighted by Crippen LogP contribution is -2.34. The molecule has 3 N–H and O–H groups in total. The fraction of sp³-hybridized carbons (Fsp3) is 0.273. The second kappa shape index (κ2) is 11.0. The fourth-order valence-corrected chi connectivity index (χ4v) is 3.44. The Hall–Kier alpha value is -2.41. The molecule has 0 aliphatic rings. The third kappa shape index (κ3) is 6.85. The molecule has 3 aromatic rings. The standard InChI is InChI=1S/C22H25N3O2S.ClH/c1-15-3-5-18(6-4-15)13-27-19-9-7-17(8-10-19)11-16(2)24-22(26)20-14-28-21(12-23)25-20;/h3-10,14,16H,11-13,23H2,1-2H3,(H,24,26);1H. The van der Waals surface area contributed by atoms with E-state index in [-0.39, 0.29) is 24.4 Å². The van der Waals surface area contributed by atoms with E-state index in [1.807, 2.05) is 31.2 Å². The van der Waals surface area contributed by atoms with Crippen LogP contribution in [0.2, 0.25) is 0 Å². The zero-order valence-electron chi connectivity index (χ0n) is 16.6.